The molecule has 5 heteroatoms. The highest BCUT2D eigenvalue weighted by Crippen LogP contribution is 2.15. The van der Waals surface area contributed by atoms with Crippen molar-refractivity contribution in [3.63, 3.8) is 0 Å². The SMILES string of the molecule is CCNCc1cc(-c2ccccc2)nn(CCOC)c1=O. The number of ether oxygens (including phenoxy) is 1. The van der Waals surface area contributed by atoms with Gasteiger partial charge in [0.05, 0.1) is 18.8 Å². The van der Waals surface area contributed by atoms with E-state index in [4.69, 9.17) is 4.74 Å². The lowest BCUT2D eigenvalue weighted by Crippen LogP contribution is -2.30. The van der Waals surface area contributed by atoms with Crippen molar-refractivity contribution >= 4 is 0 Å². The molecular formula is C16H21N3O2. The smallest absolute Gasteiger partial charge is 0.271 e. The van der Waals surface area contributed by atoms with E-state index in [1.54, 1.807) is 7.11 Å². The summed E-state index contributed by atoms with van der Waals surface area (Å²) in [5.41, 5.74) is 2.47. The van der Waals surface area contributed by atoms with Crippen molar-refractivity contribution in [2.24, 2.45) is 0 Å². The van der Waals surface area contributed by atoms with Crippen LogP contribution in [0.2, 0.25) is 0 Å². The molecule has 0 unspecified atom stereocenters. The molecule has 0 spiro atoms. The molecule has 0 saturated heterocycles. The lowest BCUT2D eigenvalue weighted by Gasteiger charge is -2.11. The third-order valence-electron chi connectivity index (χ3n) is 3.19. The Morgan fingerprint density at radius 1 is 1.29 bits per heavy atom. The minimum atomic E-state index is -0.0623. The number of benzene rings is 1. The second-order valence-corrected chi connectivity index (χ2v) is 4.72. The fraction of sp³-hybridized carbons (Fsp3) is 0.375. The summed E-state index contributed by atoms with van der Waals surface area (Å²) < 4.78 is 6.54. The molecule has 0 fully saturated rings. The van der Waals surface area contributed by atoms with Crippen LogP contribution in [0, 0.1) is 0 Å². The minimum Gasteiger partial charge on any atom is -0.383 e. The molecule has 1 N–H and O–H groups in total. The molecule has 1 heterocycles. The van der Waals surface area contributed by atoms with Gasteiger partial charge in [0, 0.05) is 24.8 Å². The van der Waals surface area contributed by atoms with Crippen LogP contribution in [0.5, 0.6) is 0 Å². The van der Waals surface area contributed by atoms with Gasteiger partial charge in [0.2, 0.25) is 0 Å². The van der Waals surface area contributed by atoms with Gasteiger partial charge >= 0.3 is 0 Å². The molecule has 0 aliphatic carbocycles. The normalized spacial score (nSPS) is 10.8. The molecule has 0 radical (unpaired) electrons. The summed E-state index contributed by atoms with van der Waals surface area (Å²) in [7, 11) is 1.62. The van der Waals surface area contributed by atoms with Gasteiger partial charge in [-0.05, 0) is 12.6 Å². The molecule has 1 aromatic heterocycles. The summed E-state index contributed by atoms with van der Waals surface area (Å²) in [6.07, 6.45) is 0. The average molecular weight is 287 g/mol. The molecule has 21 heavy (non-hydrogen) atoms. The number of hydrogen-bond acceptors (Lipinski definition) is 4. The van der Waals surface area contributed by atoms with Gasteiger partial charge in [-0.3, -0.25) is 4.79 Å². The summed E-state index contributed by atoms with van der Waals surface area (Å²) in [4.78, 5) is 12.4. The van der Waals surface area contributed by atoms with Crippen LogP contribution < -0.4 is 10.9 Å². The van der Waals surface area contributed by atoms with Gasteiger partial charge in [0.1, 0.15) is 0 Å². The third kappa shape index (κ3) is 4.00. The Labute approximate surface area is 124 Å². The molecule has 0 bridgehead atoms. The first-order valence-corrected chi connectivity index (χ1v) is 7.12. The van der Waals surface area contributed by atoms with E-state index >= 15 is 0 Å². The predicted octanol–water partition coefficient (Wildman–Crippen LogP) is 1.67. The number of aromatic nitrogens is 2. The van der Waals surface area contributed by atoms with Crippen LogP contribution in [-0.4, -0.2) is 30.0 Å². The number of nitrogens with zero attached hydrogens (tertiary/aromatic N) is 2. The van der Waals surface area contributed by atoms with E-state index < -0.39 is 0 Å². The predicted molar refractivity (Wildman–Crippen MR) is 83.2 cm³/mol. The Kier molecular flexibility index (Phi) is 5.66. The van der Waals surface area contributed by atoms with Crippen molar-refractivity contribution < 1.29 is 4.74 Å². The Bertz CT molecular complexity index is 591. The average Bonchev–Trinajstić information content (AvgIpc) is 2.53. The molecule has 112 valence electrons. The summed E-state index contributed by atoms with van der Waals surface area (Å²) in [5.74, 6) is 0. The lowest BCUT2D eigenvalue weighted by molar-refractivity contribution is 0.182. The van der Waals surface area contributed by atoms with Crippen LogP contribution in [0.25, 0.3) is 11.3 Å². The van der Waals surface area contributed by atoms with Gasteiger partial charge in [-0.1, -0.05) is 37.3 Å². The van der Waals surface area contributed by atoms with Crippen LogP contribution in [0.4, 0.5) is 0 Å². The molecular weight excluding hydrogens is 266 g/mol. The number of hydrogen-bond donors (Lipinski definition) is 1. The topological polar surface area (TPSA) is 56.1 Å². The van der Waals surface area contributed by atoms with Gasteiger partial charge < -0.3 is 10.1 Å². The summed E-state index contributed by atoms with van der Waals surface area (Å²) in [6, 6.07) is 11.7. The molecule has 0 aliphatic rings. The van der Waals surface area contributed by atoms with E-state index in [1.807, 2.05) is 43.3 Å². The minimum absolute atomic E-state index is 0.0623. The summed E-state index contributed by atoms with van der Waals surface area (Å²) in [6.45, 7) is 4.30. The Morgan fingerprint density at radius 2 is 2.05 bits per heavy atom. The summed E-state index contributed by atoms with van der Waals surface area (Å²) in [5, 5.41) is 7.64. The molecule has 0 amide bonds. The van der Waals surface area contributed by atoms with Crippen molar-refractivity contribution in [2.45, 2.75) is 20.0 Å². The Morgan fingerprint density at radius 3 is 2.71 bits per heavy atom. The van der Waals surface area contributed by atoms with Crippen LogP contribution in [0.3, 0.4) is 0 Å². The van der Waals surface area contributed by atoms with Gasteiger partial charge in [-0.25, -0.2) is 4.68 Å². The van der Waals surface area contributed by atoms with Crippen molar-refractivity contribution in [3.05, 3.63) is 52.3 Å². The molecule has 1 aromatic carbocycles. The van der Waals surface area contributed by atoms with Gasteiger partial charge in [-0.2, -0.15) is 5.10 Å². The number of methoxy groups -OCH3 is 1. The van der Waals surface area contributed by atoms with Gasteiger partial charge in [0.25, 0.3) is 5.56 Å². The lowest BCUT2D eigenvalue weighted by atomic mass is 10.1. The number of nitrogens with one attached hydrogen (secondary N) is 1. The second kappa shape index (κ2) is 7.71. The maximum Gasteiger partial charge on any atom is 0.271 e. The fourth-order valence-electron chi connectivity index (χ4n) is 2.06. The van der Waals surface area contributed by atoms with Gasteiger partial charge in [-0.15, -0.1) is 0 Å². The first-order valence-electron chi connectivity index (χ1n) is 7.12. The second-order valence-electron chi connectivity index (χ2n) is 4.72. The van der Waals surface area contributed by atoms with Crippen LogP contribution >= 0.6 is 0 Å². The number of rotatable bonds is 7. The Hall–Kier alpha value is -1.98. The van der Waals surface area contributed by atoms with E-state index in [1.165, 1.54) is 4.68 Å². The van der Waals surface area contributed by atoms with E-state index in [2.05, 4.69) is 10.4 Å². The van der Waals surface area contributed by atoms with E-state index in [-0.39, 0.29) is 5.56 Å². The molecule has 2 aromatic rings. The molecule has 0 atom stereocenters. The highest BCUT2D eigenvalue weighted by molar-refractivity contribution is 5.58. The van der Waals surface area contributed by atoms with E-state index in [9.17, 15) is 4.79 Å². The van der Waals surface area contributed by atoms with Crippen molar-refractivity contribution in [2.75, 3.05) is 20.3 Å². The fourth-order valence-corrected chi connectivity index (χ4v) is 2.06. The summed E-state index contributed by atoms with van der Waals surface area (Å²) >= 11 is 0. The molecule has 0 saturated carbocycles. The first kappa shape index (κ1) is 15.4. The third-order valence-corrected chi connectivity index (χ3v) is 3.19. The van der Waals surface area contributed by atoms with E-state index in [0.29, 0.717) is 19.7 Å². The monoisotopic (exact) mass is 287 g/mol. The zero-order valence-electron chi connectivity index (χ0n) is 12.5. The molecule has 0 aliphatic heterocycles. The van der Waals surface area contributed by atoms with Crippen LogP contribution in [0.1, 0.15) is 12.5 Å². The Balaban J connectivity index is 2.43. The largest absolute Gasteiger partial charge is 0.383 e. The maximum atomic E-state index is 12.4. The van der Waals surface area contributed by atoms with Crippen molar-refractivity contribution in [1.82, 2.24) is 15.1 Å². The van der Waals surface area contributed by atoms with Gasteiger partial charge in [0.15, 0.2) is 0 Å². The highest BCUT2D eigenvalue weighted by Gasteiger charge is 2.09. The van der Waals surface area contributed by atoms with Crippen molar-refractivity contribution in [3.8, 4) is 11.3 Å². The van der Waals surface area contributed by atoms with Crippen LogP contribution in [-0.2, 0) is 17.8 Å². The van der Waals surface area contributed by atoms with Crippen LogP contribution in [0.15, 0.2) is 41.2 Å². The zero-order chi connectivity index (χ0) is 15.1. The zero-order valence-corrected chi connectivity index (χ0v) is 12.5. The highest BCUT2D eigenvalue weighted by atomic mass is 16.5. The molecule has 2 rings (SSSR count). The first-order chi connectivity index (χ1) is 10.3. The van der Waals surface area contributed by atoms with Crippen molar-refractivity contribution in [1.29, 1.82) is 0 Å². The maximum absolute atomic E-state index is 12.4. The molecule has 5 nitrogen and oxygen atoms in total. The van der Waals surface area contributed by atoms with E-state index in [0.717, 1.165) is 23.4 Å². The standard InChI is InChI=1S/C16H21N3O2/c1-3-17-12-14-11-15(13-7-5-4-6-8-13)18-19(16(14)20)9-10-21-2/h4-8,11,17H,3,9-10,12H2,1-2H3. The quantitative estimate of drug-likeness (QED) is 0.841.